The van der Waals surface area contributed by atoms with Crippen LogP contribution < -0.4 is 0 Å². The van der Waals surface area contributed by atoms with Gasteiger partial charge in [-0.05, 0) is 44.9 Å². The molecule has 2 heterocycles. The third kappa shape index (κ3) is 31.2. The smallest absolute Gasteiger partial charge is 0.306 e. The van der Waals surface area contributed by atoms with Gasteiger partial charge in [0.15, 0.2) is 12.6 Å². The molecule has 2 fully saturated rings. The van der Waals surface area contributed by atoms with E-state index in [-0.39, 0.29) is 19.6 Å². The van der Waals surface area contributed by atoms with Crippen molar-refractivity contribution in [1.29, 1.82) is 0 Å². The van der Waals surface area contributed by atoms with Gasteiger partial charge in [-0.1, -0.05) is 203 Å². The highest BCUT2D eigenvalue weighted by Crippen LogP contribution is 2.26. The Morgan fingerprint density at radius 1 is 0.479 bits per heavy atom. The Balaban J connectivity index is 1.75. The van der Waals surface area contributed by atoms with E-state index in [9.17, 15) is 40.5 Å². The molecule has 2 aliphatic heterocycles. The van der Waals surface area contributed by atoms with Crippen molar-refractivity contribution >= 4 is 5.97 Å². The summed E-state index contributed by atoms with van der Waals surface area (Å²) in [5, 5.41) is 72.2. The van der Waals surface area contributed by atoms with Crippen LogP contribution in [0.5, 0.6) is 0 Å². The van der Waals surface area contributed by atoms with Gasteiger partial charge in [0.1, 0.15) is 54.9 Å². The van der Waals surface area contributed by atoms with Crippen molar-refractivity contribution in [3.8, 4) is 0 Å². The van der Waals surface area contributed by atoms with E-state index in [1.54, 1.807) is 0 Å². The molecule has 7 N–H and O–H groups in total. The van der Waals surface area contributed by atoms with Crippen LogP contribution in [0.15, 0.2) is 60.8 Å². The normalized spacial score (nSPS) is 25.8. The number of carbonyl (C=O) groups is 1. The van der Waals surface area contributed by atoms with E-state index >= 15 is 0 Å². The third-order valence-corrected chi connectivity index (χ3v) is 13.1. The number of allylic oxidation sites excluding steroid dienone is 9. The molecule has 71 heavy (non-hydrogen) atoms. The van der Waals surface area contributed by atoms with Crippen LogP contribution in [0.3, 0.4) is 0 Å². The van der Waals surface area contributed by atoms with Crippen LogP contribution in [0, 0.1) is 0 Å². The second-order valence-corrected chi connectivity index (χ2v) is 19.4. The van der Waals surface area contributed by atoms with E-state index in [1.807, 2.05) is 6.08 Å². The van der Waals surface area contributed by atoms with Gasteiger partial charge in [-0.2, -0.15) is 0 Å². The number of ether oxygens (including phenoxy) is 6. The molecule has 0 spiro atoms. The van der Waals surface area contributed by atoms with Gasteiger partial charge in [-0.25, -0.2) is 0 Å². The Morgan fingerprint density at radius 3 is 1.35 bits per heavy atom. The molecule has 2 saturated heterocycles. The van der Waals surface area contributed by atoms with E-state index in [4.69, 9.17) is 28.4 Å². The molecular weight excluding hydrogens is 909 g/mol. The van der Waals surface area contributed by atoms with Gasteiger partial charge in [-0.15, -0.1) is 0 Å². The molecule has 0 amide bonds. The molecule has 0 saturated carbocycles. The Kier molecular flexibility index (Phi) is 40.2. The highest BCUT2D eigenvalue weighted by molar-refractivity contribution is 5.69. The van der Waals surface area contributed by atoms with Crippen LogP contribution in [0.25, 0.3) is 0 Å². The maximum Gasteiger partial charge on any atom is 0.306 e. The van der Waals surface area contributed by atoms with E-state index in [0.29, 0.717) is 19.4 Å². The Bertz CT molecular complexity index is 1400. The van der Waals surface area contributed by atoms with E-state index < -0.39 is 86.7 Å². The van der Waals surface area contributed by atoms with Crippen LogP contribution in [-0.2, 0) is 33.2 Å². The number of carbonyl (C=O) groups excluding carboxylic acids is 1. The quantitative estimate of drug-likeness (QED) is 0.0172. The molecule has 0 aliphatic carbocycles. The minimum Gasteiger partial charge on any atom is -0.457 e. The van der Waals surface area contributed by atoms with Crippen LogP contribution in [-0.4, -0.2) is 142 Å². The Morgan fingerprint density at radius 2 is 0.887 bits per heavy atom. The summed E-state index contributed by atoms with van der Waals surface area (Å²) < 4.78 is 34.2. The molecular formula is C57H100O14. The predicted molar refractivity (Wildman–Crippen MR) is 279 cm³/mol. The summed E-state index contributed by atoms with van der Waals surface area (Å²) in [5.41, 5.74) is 0. The number of unbranched alkanes of at least 4 members (excludes halogenated alkanes) is 20. The van der Waals surface area contributed by atoms with Crippen molar-refractivity contribution in [1.82, 2.24) is 0 Å². The SMILES string of the molecule is CC/C=C\C/C=C\C/C=C\C/C=C\C/C=C\CCOCC(COC1OC(COC2OC(CO)C(O)C(O)C2O)C(O)C(O)C1O)OC(=O)CCCCCCCCCCCCCCCCCCCCCCC. The molecule has 14 heteroatoms. The molecule has 11 unspecified atom stereocenters. The van der Waals surface area contributed by atoms with Crippen molar-refractivity contribution in [2.24, 2.45) is 0 Å². The van der Waals surface area contributed by atoms with Crippen molar-refractivity contribution < 1.29 is 69.0 Å². The lowest BCUT2D eigenvalue weighted by Crippen LogP contribution is -2.61. The van der Waals surface area contributed by atoms with Gasteiger partial charge < -0.3 is 64.2 Å². The van der Waals surface area contributed by atoms with Crippen LogP contribution in [0.1, 0.15) is 194 Å². The highest BCUT2D eigenvalue weighted by atomic mass is 16.7. The number of hydrogen-bond donors (Lipinski definition) is 7. The van der Waals surface area contributed by atoms with E-state index in [0.717, 1.165) is 51.4 Å². The Hall–Kier alpha value is -2.31. The van der Waals surface area contributed by atoms with Gasteiger partial charge in [-0.3, -0.25) is 4.79 Å². The minimum absolute atomic E-state index is 0.00734. The second kappa shape index (κ2) is 44.0. The van der Waals surface area contributed by atoms with Gasteiger partial charge in [0.05, 0.1) is 33.0 Å². The zero-order chi connectivity index (χ0) is 51.6. The number of aliphatic hydroxyl groups is 7. The lowest BCUT2D eigenvalue weighted by Gasteiger charge is -2.42. The standard InChI is InChI=1S/C57H100O14/c1-3-5-7-9-11-13-15-17-19-21-22-23-24-25-26-28-30-32-34-36-38-40-49(59)69-46(43-66-41-39-37-35-33-31-29-27-20-18-16-14-12-10-8-6-4-2)44-67-56-55(65)53(63)51(61)48(71-56)45-68-57-54(64)52(62)50(60)47(42-58)70-57/h6,8,12,14,18,20,29,31,35,37,46-48,50-58,60-65H,3-5,7,9-11,13,15-17,19,21-28,30,32-34,36,38-45H2,1-2H3/b8-6-,14-12-,20-18-,31-29-,37-35-. The number of aliphatic hydroxyl groups excluding tert-OH is 7. The highest BCUT2D eigenvalue weighted by Gasteiger charge is 2.47. The third-order valence-electron chi connectivity index (χ3n) is 13.1. The van der Waals surface area contributed by atoms with Crippen LogP contribution >= 0.6 is 0 Å². The summed E-state index contributed by atoms with van der Waals surface area (Å²) in [6, 6.07) is 0. The van der Waals surface area contributed by atoms with E-state index in [2.05, 4.69) is 68.5 Å². The first-order valence-electron chi connectivity index (χ1n) is 27.9. The summed E-state index contributed by atoms with van der Waals surface area (Å²) >= 11 is 0. The van der Waals surface area contributed by atoms with Crippen molar-refractivity contribution in [3.05, 3.63) is 60.8 Å². The van der Waals surface area contributed by atoms with Gasteiger partial charge >= 0.3 is 5.97 Å². The predicted octanol–water partition coefficient (Wildman–Crippen LogP) is 9.30. The summed E-state index contributed by atoms with van der Waals surface area (Å²) in [6.45, 7) is 3.37. The summed E-state index contributed by atoms with van der Waals surface area (Å²) in [6.07, 6.45) is 37.4. The fourth-order valence-electron chi connectivity index (χ4n) is 8.59. The first-order chi connectivity index (χ1) is 34.6. The number of esters is 1. The summed E-state index contributed by atoms with van der Waals surface area (Å²) in [5.74, 6) is -0.399. The fraction of sp³-hybridized carbons (Fsp3) is 0.807. The number of rotatable bonds is 44. The molecule has 0 aromatic heterocycles. The second-order valence-electron chi connectivity index (χ2n) is 19.4. The molecule has 0 radical (unpaired) electrons. The molecule has 14 nitrogen and oxygen atoms in total. The molecule has 0 aromatic rings. The minimum atomic E-state index is -1.72. The molecule has 2 aliphatic rings. The van der Waals surface area contributed by atoms with E-state index in [1.165, 1.54) is 109 Å². The lowest BCUT2D eigenvalue weighted by atomic mass is 9.98. The first kappa shape index (κ1) is 64.8. The van der Waals surface area contributed by atoms with Crippen molar-refractivity contribution in [2.75, 3.05) is 33.0 Å². The van der Waals surface area contributed by atoms with Gasteiger partial charge in [0.2, 0.25) is 0 Å². The maximum absolute atomic E-state index is 13.0. The van der Waals surface area contributed by atoms with Crippen LogP contribution in [0.2, 0.25) is 0 Å². The van der Waals surface area contributed by atoms with Crippen molar-refractivity contribution in [2.45, 2.75) is 261 Å². The average Bonchev–Trinajstić information content (AvgIpc) is 3.37. The lowest BCUT2D eigenvalue weighted by molar-refractivity contribution is -0.332. The summed E-state index contributed by atoms with van der Waals surface area (Å²) in [7, 11) is 0. The Labute approximate surface area is 428 Å². The fourth-order valence-corrected chi connectivity index (χ4v) is 8.59. The monoisotopic (exact) mass is 1010 g/mol. The first-order valence-corrected chi connectivity index (χ1v) is 27.9. The van der Waals surface area contributed by atoms with Gasteiger partial charge in [0.25, 0.3) is 0 Å². The van der Waals surface area contributed by atoms with Gasteiger partial charge in [0, 0.05) is 6.42 Å². The molecule has 412 valence electrons. The van der Waals surface area contributed by atoms with Crippen LogP contribution in [0.4, 0.5) is 0 Å². The maximum atomic E-state index is 13.0. The topological polar surface area (TPSA) is 214 Å². The molecule has 2 rings (SSSR count). The molecule has 0 aromatic carbocycles. The number of hydrogen-bond acceptors (Lipinski definition) is 14. The zero-order valence-electron chi connectivity index (χ0n) is 43.9. The molecule has 0 bridgehead atoms. The summed E-state index contributed by atoms with van der Waals surface area (Å²) in [4.78, 5) is 13.0. The molecule has 11 atom stereocenters. The largest absolute Gasteiger partial charge is 0.457 e. The van der Waals surface area contributed by atoms with Crippen molar-refractivity contribution in [3.63, 3.8) is 0 Å². The zero-order valence-corrected chi connectivity index (χ0v) is 43.9. The average molecular weight is 1010 g/mol.